The lowest BCUT2D eigenvalue weighted by Crippen LogP contribution is -2.56. The van der Waals surface area contributed by atoms with Crippen LogP contribution in [0.15, 0.2) is 85.1 Å². The maximum atomic E-state index is 12.5. The van der Waals surface area contributed by atoms with Crippen LogP contribution in [0.1, 0.15) is 78.6 Å². The minimum atomic E-state index is -2.13. The minimum absolute atomic E-state index is 0.107. The van der Waals surface area contributed by atoms with Crippen LogP contribution >= 0.6 is 0 Å². The summed E-state index contributed by atoms with van der Waals surface area (Å²) >= 11 is 0. The predicted octanol–water partition coefficient (Wildman–Crippen LogP) is 2.92. The number of rotatable bonds is 1. The van der Waals surface area contributed by atoms with Crippen molar-refractivity contribution < 1.29 is 65.0 Å². The lowest BCUT2D eigenvalue weighted by molar-refractivity contribution is -0.300. The van der Waals surface area contributed by atoms with Crippen molar-refractivity contribution in [2.24, 2.45) is 17.8 Å². The van der Waals surface area contributed by atoms with Crippen molar-refractivity contribution >= 4 is 11.9 Å². The quantitative estimate of drug-likeness (QED) is 0.175. The van der Waals surface area contributed by atoms with Crippen molar-refractivity contribution in [3.63, 3.8) is 0 Å². The number of carbonyl (C=O) groups excluding carboxylic acids is 1. The van der Waals surface area contributed by atoms with Crippen LogP contribution in [0.5, 0.6) is 0 Å². The fourth-order valence-corrected chi connectivity index (χ4v) is 6.56. The molecule has 2 heterocycles. The molecule has 9 N–H and O–H groups in total. The molecule has 54 heavy (non-hydrogen) atoms. The lowest BCUT2D eigenvalue weighted by Gasteiger charge is -2.44. The summed E-state index contributed by atoms with van der Waals surface area (Å²) < 4.78 is 11.2. The topological polar surface area (TPSA) is 235 Å². The number of fused-ring (bicyclic) bond motifs is 2. The summed E-state index contributed by atoms with van der Waals surface area (Å²) in [6.07, 6.45) is 13.4. The molecular formula is C41H62O13. The van der Waals surface area contributed by atoms with E-state index in [1.165, 1.54) is 6.08 Å². The number of esters is 1. The molecule has 0 aromatic carbocycles. The van der Waals surface area contributed by atoms with Crippen LogP contribution in [0.3, 0.4) is 0 Å². The fraction of sp³-hybridized carbons (Fsp3) is 0.610. The van der Waals surface area contributed by atoms with Gasteiger partial charge in [-0.1, -0.05) is 98.9 Å². The SMILES string of the molecule is C[C@@H]1[C@H](O)[C@@H](C)\C=C/C=C/C=C/C=C/C=C/C=C/C=C/[C@H](O)C[C@@H]2O[C@](O)(C[C@@H](O)C[C@@H](O)CCC[C@@H](O)C[C@@H](O)CC(=O)O[C@H]1C)C[C@H](O)[C@H]2C(=O)O. The van der Waals surface area contributed by atoms with Crippen LogP contribution in [0, 0.1) is 17.8 Å². The van der Waals surface area contributed by atoms with Gasteiger partial charge in [-0.2, -0.15) is 0 Å². The second kappa shape index (κ2) is 24.3. The number of ether oxygens (including phenoxy) is 2. The number of hydrogen-bond donors (Lipinski definition) is 9. The van der Waals surface area contributed by atoms with Crippen LogP contribution in [0.25, 0.3) is 0 Å². The van der Waals surface area contributed by atoms with Crippen molar-refractivity contribution in [3.8, 4) is 0 Å². The first-order valence-electron chi connectivity index (χ1n) is 18.8. The smallest absolute Gasteiger partial charge is 0.311 e. The summed E-state index contributed by atoms with van der Waals surface area (Å²) in [5.41, 5.74) is 0. The number of aliphatic hydroxyl groups excluding tert-OH is 7. The highest BCUT2D eigenvalue weighted by atomic mass is 16.6. The van der Waals surface area contributed by atoms with Crippen LogP contribution in [-0.2, 0) is 19.1 Å². The van der Waals surface area contributed by atoms with Crippen molar-refractivity contribution in [3.05, 3.63) is 85.1 Å². The van der Waals surface area contributed by atoms with Gasteiger partial charge in [0.1, 0.15) is 12.0 Å². The summed E-state index contributed by atoms with van der Waals surface area (Å²) in [6.45, 7) is 5.30. The number of allylic oxidation sites excluding steroid dienone is 12. The number of carbonyl (C=O) groups is 2. The van der Waals surface area contributed by atoms with Gasteiger partial charge in [0, 0.05) is 31.1 Å². The van der Waals surface area contributed by atoms with Gasteiger partial charge in [0.2, 0.25) is 0 Å². The summed E-state index contributed by atoms with van der Waals surface area (Å²) in [6, 6.07) is 0. The number of carboxylic acid groups (broad SMARTS) is 1. The third-order valence-electron chi connectivity index (χ3n) is 9.70. The van der Waals surface area contributed by atoms with Gasteiger partial charge in [-0.05, 0) is 39.0 Å². The first kappa shape index (κ1) is 46.9. The normalized spacial score (nSPS) is 42.3. The van der Waals surface area contributed by atoms with Gasteiger partial charge in [-0.15, -0.1) is 0 Å². The minimum Gasteiger partial charge on any atom is -0.481 e. The van der Waals surface area contributed by atoms with E-state index in [2.05, 4.69) is 0 Å². The number of aliphatic carboxylic acids is 1. The molecule has 0 saturated carbocycles. The Hall–Kier alpha value is -3.24. The molecule has 0 amide bonds. The molecule has 0 aromatic heterocycles. The van der Waals surface area contributed by atoms with Crippen LogP contribution in [-0.4, -0.2) is 119 Å². The highest BCUT2D eigenvalue weighted by Crippen LogP contribution is 2.37. The van der Waals surface area contributed by atoms with Crippen molar-refractivity contribution in [1.82, 2.24) is 0 Å². The average Bonchev–Trinajstić information content (AvgIpc) is 3.06. The summed E-state index contributed by atoms with van der Waals surface area (Å²) in [5.74, 6) is -6.23. The molecule has 0 aromatic rings. The number of carboxylic acids is 1. The Labute approximate surface area is 318 Å². The Balaban J connectivity index is 2.15. The second-order valence-electron chi connectivity index (χ2n) is 14.6. The zero-order chi connectivity index (χ0) is 40.3. The molecular weight excluding hydrogens is 700 g/mol. The van der Waals surface area contributed by atoms with Crippen molar-refractivity contribution in [2.45, 2.75) is 139 Å². The Bertz CT molecular complexity index is 1340. The first-order chi connectivity index (χ1) is 25.5. The molecule has 1 fully saturated rings. The molecule has 13 atom stereocenters. The third-order valence-corrected chi connectivity index (χ3v) is 9.70. The average molecular weight is 763 g/mol. The van der Waals surface area contributed by atoms with Crippen molar-refractivity contribution in [1.29, 1.82) is 0 Å². The largest absolute Gasteiger partial charge is 0.481 e. The van der Waals surface area contributed by atoms with E-state index >= 15 is 0 Å². The number of cyclic esters (lactones) is 1. The maximum Gasteiger partial charge on any atom is 0.311 e. The molecule has 1 saturated heterocycles. The zero-order valence-electron chi connectivity index (χ0n) is 31.5. The molecule has 0 unspecified atom stereocenters. The second-order valence-corrected chi connectivity index (χ2v) is 14.6. The Morgan fingerprint density at radius 1 is 0.685 bits per heavy atom. The molecule has 0 aliphatic carbocycles. The van der Waals surface area contributed by atoms with Gasteiger partial charge in [0.05, 0.1) is 55.3 Å². The molecule has 304 valence electrons. The van der Waals surface area contributed by atoms with Gasteiger partial charge in [-0.25, -0.2) is 0 Å². The van der Waals surface area contributed by atoms with Gasteiger partial charge in [0.15, 0.2) is 5.79 Å². The zero-order valence-corrected chi connectivity index (χ0v) is 31.5. The fourth-order valence-electron chi connectivity index (χ4n) is 6.56. The van der Waals surface area contributed by atoms with E-state index in [0.717, 1.165) is 0 Å². The predicted molar refractivity (Wildman–Crippen MR) is 202 cm³/mol. The van der Waals surface area contributed by atoms with Gasteiger partial charge < -0.3 is 55.4 Å². The van der Waals surface area contributed by atoms with Gasteiger partial charge >= 0.3 is 11.9 Å². The molecule has 13 heteroatoms. The van der Waals surface area contributed by atoms with Crippen LogP contribution in [0.2, 0.25) is 0 Å². The molecule has 13 nitrogen and oxygen atoms in total. The Morgan fingerprint density at radius 3 is 1.72 bits per heavy atom. The molecule has 2 aliphatic heterocycles. The molecule has 0 radical (unpaired) electrons. The van der Waals surface area contributed by atoms with E-state index in [4.69, 9.17) is 9.47 Å². The van der Waals surface area contributed by atoms with E-state index in [1.54, 1.807) is 44.2 Å². The molecule has 0 spiro atoms. The maximum absolute atomic E-state index is 12.5. The third kappa shape index (κ3) is 17.9. The molecule has 2 aliphatic rings. The molecule has 2 bridgehead atoms. The van der Waals surface area contributed by atoms with Crippen molar-refractivity contribution in [2.75, 3.05) is 0 Å². The van der Waals surface area contributed by atoms with E-state index in [0.29, 0.717) is 6.42 Å². The molecule has 2 rings (SSSR count). The number of aliphatic hydroxyl groups is 8. The summed E-state index contributed by atoms with van der Waals surface area (Å²) in [5, 5.41) is 94.9. The summed E-state index contributed by atoms with van der Waals surface area (Å²) in [7, 11) is 0. The van der Waals surface area contributed by atoms with E-state index in [-0.39, 0.29) is 44.4 Å². The monoisotopic (exact) mass is 762 g/mol. The highest BCUT2D eigenvalue weighted by molar-refractivity contribution is 5.71. The number of hydrogen-bond acceptors (Lipinski definition) is 12. The van der Waals surface area contributed by atoms with E-state index in [1.807, 2.05) is 55.5 Å². The van der Waals surface area contributed by atoms with E-state index < -0.39 is 97.3 Å². The highest BCUT2D eigenvalue weighted by Gasteiger charge is 2.49. The van der Waals surface area contributed by atoms with Gasteiger partial charge in [0.25, 0.3) is 0 Å². The standard InChI is InChI=1S/C41H62O13/c1-27-17-14-12-10-8-6-4-5-7-9-11-13-15-18-32(44)23-36-38(40(50)51)35(47)26-41(52,54-36)25-34(46)22-31(43)20-16-19-30(42)21-33(45)24-37(48)53-29(3)28(2)39(27)49/h4-15,17-18,27-36,38-39,42-47,49,52H,16,19-26H2,1-3H3,(H,50,51)/b5-4+,8-6+,9-7+,12-10+,13-11+,17-14-,18-15+/t27-,28-,29-,30+,31-,32-,33+,34-,35-,36-,38+,39+,41+/m0/s1. The lowest BCUT2D eigenvalue weighted by atomic mass is 9.83. The van der Waals surface area contributed by atoms with Gasteiger partial charge in [-0.3, -0.25) is 9.59 Å². The Kier molecular flexibility index (Phi) is 21.1. The first-order valence-corrected chi connectivity index (χ1v) is 18.8. The Morgan fingerprint density at radius 2 is 1.19 bits per heavy atom. The van der Waals surface area contributed by atoms with E-state index in [9.17, 15) is 55.5 Å². The van der Waals surface area contributed by atoms with Crippen LogP contribution in [0.4, 0.5) is 0 Å². The van der Waals surface area contributed by atoms with Crippen LogP contribution < -0.4 is 0 Å². The summed E-state index contributed by atoms with van der Waals surface area (Å²) in [4.78, 5) is 24.5.